The van der Waals surface area contributed by atoms with Gasteiger partial charge in [0, 0.05) is 35.4 Å². The van der Waals surface area contributed by atoms with Crippen molar-refractivity contribution >= 4 is 17.5 Å². The number of aromatic nitrogens is 4. The number of hydrogen-bond donors (Lipinski definition) is 1. The molecule has 1 aliphatic heterocycles. The molecule has 144 valence electrons. The first-order valence-corrected chi connectivity index (χ1v) is 9.09. The highest BCUT2D eigenvalue weighted by atomic mass is 16.5. The molecule has 0 aliphatic carbocycles. The minimum atomic E-state index is -0.248. The average Bonchev–Trinajstić information content (AvgIpc) is 2.98. The maximum atomic E-state index is 13.0. The summed E-state index contributed by atoms with van der Waals surface area (Å²) in [5.74, 6) is 1.10. The normalized spacial score (nSPS) is 13.1. The summed E-state index contributed by atoms with van der Waals surface area (Å²) in [6.45, 7) is 6.62. The zero-order valence-corrected chi connectivity index (χ0v) is 16.4. The van der Waals surface area contributed by atoms with Crippen LogP contribution in [0.15, 0.2) is 30.5 Å². The third kappa shape index (κ3) is 3.28. The number of rotatable bonds is 2. The number of amides is 2. The molecule has 3 aromatic heterocycles. The van der Waals surface area contributed by atoms with E-state index in [0.29, 0.717) is 30.4 Å². The largest absolute Gasteiger partial charge is 0.488 e. The minimum absolute atomic E-state index is 0.248. The SMILES string of the molecule is Cc1cc(NC(=O)N2CCOc3ccc(-c4cnn(C)c4C)nc32)cc(C)n1. The highest BCUT2D eigenvalue weighted by molar-refractivity contribution is 6.02. The van der Waals surface area contributed by atoms with Crippen molar-refractivity contribution in [3.63, 3.8) is 0 Å². The van der Waals surface area contributed by atoms with Gasteiger partial charge in [-0.2, -0.15) is 5.10 Å². The van der Waals surface area contributed by atoms with E-state index in [0.717, 1.165) is 28.3 Å². The molecule has 4 rings (SSSR count). The van der Waals surface area contributed by atoms with E-state index in [9.17, 15) is 4.79 Å². The Kier molecular flexibility index (Phi) is 4.46. The molecule has 3 aromatic rings. The van der Waals surface area contributed by atoms with E-state index in [1.165, 1.54) is 0 Å². The van der Waals surface area contributed by atoms with Gasteiger partial charge in [0.2, 0.25) is 0 Å². The average molecular weight is 378 g/mol. The Hall–Kier alpha value is -3.42. The molecular weight excluding hydrogens is 356 g/mol. The van der Waals surface area contributed by atoms with Gasteiger partial charge in [-0.15, -0.1) is 0 Å². The smallest absolute Gasteiger partial charge is 0.327 e. The molecule has 0 radical (unpaired) electrons. The van der Waals surface area contributed by atoms with Crippen molar-refractivity contribution in [1.29, 1.82) is 0 Å². The minimum Gasteiger partial charge on any atom is -0.488 e. The summed E-state index contributed by atoms with van der Waals surface area (Å²) in [6.07, 6.45) is 1.78. The van der Waals surface area contributed by atoms with Gasteiger partial charge < -0.3 is 10.1 Å². The number of ether oxygens (including phenoxy) is 1. The topological polar surface area (TPSA) is 85.2 Å². The van der Waals surface area contributed by atoms with Crippen molar-refractivity contribution in [2.75, 3.05) is 23.4 Å². The maximum Gasteiger partial charge on any atom is 0.327 e. The Labute approximate surface area is 163 Å². The molecule has 2 amide bonds. The lowest BCUT2D eigenvalue weighted by Gasteiger charge is -2.28. The molecule has 1 aliphatic rings. The number of carbonyl (C=O) groups excluding carboxylic acids is 1. The molecule has 4 heterocycles. The molecule has 0 spiro atoms. The fourth-order valence-corrected chi connectivity index (χ4v) is 3.29. The molecule has 0 bridgehead atoms. The van der Waals surface area contributed by atoms with Crippen LogP contribution in [0.25, 0.3) is 11.3 Å². The number of nitrogens with one attached hydrogen (secondary N) is 1. The zero-order chi connectivity index (χ0) is 19.8. The fraction of sp³-hybridized carbons (Fsp3) is 0.300. The lowest BCUT2D eigenvalue weighted by molar-refractivity contribution is 0.249. The first-order valence-electron chi connectivity index (χ1n) is 9.09. The van der Waals surface area contributed by atoms with Crippen molar-refractivity contribution in [1.82, 2.24) is 19.7 Å². The van der Waals surface area contributed by atoms with Crippen LogP contribution in [0.4, 0.5) is 16.3 Å². The Morgan fingerprint density at radius 2 is 1.89 bits per heavy atom. The van der Waals surface area contributed by atoms with Crippen molar-refractivity contribution in [2.24, 2.45) is 7.05 Å². The van der Waals surface area contributed by atoms with Gasteiger partial charge in [-0.1, -0.05) is 0 Å². The molecule has 0 saturated carbocycles. The van der Waals surface area contributed by atoms with Crippen molar-refractivity contribution in [3.05, 3.63) is 47.5 Å². The van der Waals surface area contributed by atoms with Gasteiger partial charge >= 0.3 is 6.03 Å². The molecule has 1 N–H and O–H groups in total. The molecule has 0 saturated heterocycles. The Morgan fingerprint density at radius 3 is 2.57 bits per heavy atom. The van der Waals surface area contributed by atoms with Crippen LogP contribution in [0.3, 0.4) is 0 Å². The van der Waals surface area contributed by atoms with Gasteiger partial charge in [-0.05, 0) is 45.0 Å². The lowest BCUT2D eigenvalue weighted by Crippen LogP contribution is -2.41. The van der Waals surface area contributed by atoms with E-state index in [-0.39, 0.29) is 6.03 Å². The van der Waals surface area contributed by atoms with E-state index >= 15 is 0 Å². The van der Waals surface area contributed by atoms with E-state index in [4.69, 9.17) is 9.72 Å². The molecule has 0 aromatic carbocycles. The van der Waals surface area contributed by atoms with Crippen LogP contribution in [0.2, 0.25) is 0 Å². The highest BCUT2D eigenvalue weighted by Gasteiger charge is 2.26. The van der Waals surface area contributed by atoms with Crippen molar-refractivity contribution in [2.45, 2.75) is 20.8 Å². The Bertz CT molecular complexity index is 1040. The van der Waals surface area contributed by atoms with Crippen LogP contribution in [0, 0.1) is 20.8 Å². The summed E-state index contributed by atoms with van der Waals surface area (Å²) in [4.78, 5) is 23.6. The number of anilines is 2. The van der Waals surface area contributed by atoms with Gasteiger partial charge in [0.25, 0.3) is 0 Å². The zero-order valence-electron chi connectivity index (χ0n) is 16.4. The lowest BCUT2D eigenvalue weighted by atomic mass is 10.1. The Morgan fingerprint density at radius 1 is 1.14 bits per heavy atom. The molecule has 8 nitrogen and oxygen atoms in total. The van der Waals surface area contributed by atoms with Crippen molar-refractivity contribution in [3.8, 4) is 17.0 Å². The standard InChI is InChI=1S/C20H22N6O2/c1-12-9-15(10-13(2)22-12)23-20(27)26-7-8-28-18-6-5-17(24-19(18)26)16-11-21-25(4)14(16)3/h5-6,9-11H,7-8H2,1-4H3,(H,22,23,27). The van der Waals surface area contributed by atoms with E-state index in [2.05, 4.69) is 15.4 Å². The second kappa shape index (κ2) is 6.95. The molecule has 0 atom stereocenters. The van der Waals surface area contributed by atoms with Crippen molar-refractivity contribution < 1.29 is 9.53 Å². The second-order valence-electron chi connectivity index (χ2n) is 6.85. The number of hydrogen-bond acceptors (Lipinski definition) is 5. The quantitative estimate of drug-likeness (QED) is 0.740. The van der Waals surface area contributed by atoms with Gasteiger partial charge in [-0.3, -0.25) is 14.6 Å². The summed E-state index contributed by atoms with van der Waals surface area (Å²) in [6, 6.07) is 7.18. The molecular formula is C20H22N6O2. The fourth-order valence-electron chi connectivity index (χ4n) is 3.29. The van der Waals surface area contributed by atoms with Gasteiger partial charge in [0.05, 0.1) is 18.4 Å². The van der Waals surface area contributed by atoms with Crippen LogP contribution in [-0.4, -0.2) is 38.9 Å². The van der Waals surface area contributed by atoms with Crippen LogP contribution < -0.4 is 15.0 Å². The number of pyridine rings is 2. The summed E-state index contributed by atoms with van der Waals surface area (Å²) >= 11 is 0. The monoisotopic (exact) mass is 378 g/mol. The number of carbonyl (C=O) groups is 1. The second-order valence-corrected chi connectivity index (χ2v) is 6.85. The molecule has 28 heavy (non-hydrogen) atoms. The number of nitrogens with zero attached hydrogens (tertiary/aromatic N) is 5. The molecule has 8 heteroatoms. The number of fused-ring (bicyclic) bond motifs is 1. The predicted molar refractivity (Wildman–Crippen MR) is 107 cm³/mol. The first kappa shape index (κ1) is 18.0. The maximum absolute atomic E-state index is 13.0. The van der Waals surface area contributed by atoms with E-state index in [1.54, 1.807) is 15.8 Å². The predicted octanol–water partition coefficient (Wildman–Crippen LogP) is 3.23. The first-order chi connectivity index (χ1) is 13.4. The van der Waals surface area contributed by atoms with Gasteiger partial charge in [-0.25, -0.2) is 9.78 Å². The third-order valence-corrected chi connectivity index (χ3v) is 4.76. The van der Waals surface area contributed by atoms with Gasteiger partial charge in [0.1, 0.15) is 6.61 Å². The van der Waals surface area contributed by atoms with E-state index in [1.807, 2.05) is 52.1 Å². The summed E-state index contributed by atoms with van der Waals surface area (Å²) in [5, 5.41) is 7.22. The van der Waals surface area contributed by atoms with Crippen LogP contribution in [0.5, 0.6) is 5.75 Å². The molecule has 0 fully saturated rings. The van der Waals surface area contributed by atoms with Gasteiger partial charge in [0.15, 0.2) is 11.6 Å². The molecule has 0 unspecified atom stereocenters. The van der Waals surface area contributed by atoms with Crippen LogP contribution >= 0.6 is 0 Å². The van der Waals surface area contributed by atoms with Crippen LogP contribution in [-0.2, 0) is 7.05 Å². The number of urea groups is 1. The van der Waals surface area contributed by atoms with E-state index < -0.39 is 0 Å². The number of aryl methyl sites for hydroxylation is 3. The summed E-state index contributed by atoms with van der Waals surface area (Å²) < 4.78 is 7.50. The summed E-state index contributed by atoms with van der Waals surface area (Å²) in [7, 11) is 1.89. The highest BCUT2D eigenvalue weighted by Crippen LogP contribution is 2.33. The summed E-state index contributed by atoms with van der Waals surface area (Å²) in [5.41, 5.74) is 5.10. The van der Waals surface area contributed by atoms with Crippen LogP contribution in [0.1, 0.15) is 17.1 Å². The third-order valence-electron chi connectivity index (χ3n) is 4.76. The Balaban J connectivity index is 1.66.